The molecule has 0 saturated carbocycles. The summed E-state index contributed by atoms with van der Waals surface area (Å²) in [6.45, 7) is 8.32. The predicted octanol–water partition coefficient (Wildman–Crippen LogP) is 4.02. The molecule has 0 spiro atoms. The summed E-state index contributed by atoms with van der Waals surface area (Å²) >= 11 is 0. The van der Waals surface area contributed by atoms with Crippen molar-refractivity contribution in [3.05, 3.63) is 30.3 Å². The average molecular weight is 296 g/mol. The topological polar surface area (TPSA) is 27.7 Å². The first kappa shape index (κ1) is 15.9. The molecule has 3 nitrogen and oxygen atoms in total. The molecule has 0 aliphatic carbocycles. The summed E-state index contributed by atoms with van der Waals surface area (Å²) in [5, 5.41) is 1.16. The van der Waals surface area contributed by atoms with Crippen molar-refractivity contribution in [1.82, 2.24) is 0 Å². The Morgan fingerprint density at radius 2 is 1.70 bits per heavy atom. The molecule has 2 bridgehead atoms. The molecular formula is C16H25O3P. The SMILES string of the molecule is C.CC1OC2(C)CC(C)(O1)P(c1ccccc1)C(C)O2. The lowest BCUT2D eigenvalue weighted by Gasteiger charge is -2.56. The van der Waals surface area contributed by atoms with Crippen LogP contribution in [0, 0.1) is 0 Å². The van der Waals surface area contributed by atoms with Crippen LogP contribution in [0.2, 0.25) is 0 Å². The van der Waals surface area contributed by atoms with Crippen LogP contribution in [-0.4, -0.2) is 23.3 Å². The van der Waals surface area contributed by atoms with E-state index in [4.69, 9.17) is 14.2 Å². The number of hydrogen-bond donors (Lipinski definition) is 0. The molecule has 0 radical (unpaired) electrons. The van der Waals surface area contributed by atoms with E-state index in [-0.39, 0.29) is 24.9 Å². The Balaban J connectivity index is 0.00000147. The van der Waals surface area contributed by atoms with Gasteiger partial charge in [-0.15, -0.1) is 0 Å². The van der Waals surface area contributed by atoms with E-state index in [1.807, 2.05) is 19.9 Å². The Labute approximate surface area is 123 Å². The van der Waals surface area contributed by atoms with Gasteiger partial charge >= 0.3 is 0 Å². The van der Waals surface area contributed by atoms with Crippen LogP contribution in [0.15, 0.2) is 30.3 Å². The Bertz CT molecular complexity index is 466. The van der Waals surface area contributed by atoms with E-state index < -0.39 is 13.7 Å². The van der Waals surface area contributed by atoms with Gasteiger partial charge in [-0.25, -0.2) is 0 Å². The molecule has 2 saturated heterocycles. The third-order valence-electron chi connectivity index (χ3n) is 3.81. The van der Waals surface area contributed by atoms with Crippen molar-refractivity contribution in [3.63, 3.8) is 0 Å². The van der Waals surface area contributed by atoms with Gasteiger partial charge in [0.25, 0.3) is 0 Å². The summed E-state index contributed by atoms with van der Waals surface area (Å²) in [5.74, 6) is -0.381. The molecule has 4 heteroatoms. The summed E-state index contributed by atoms with van der Waals surface area (Å²) < 4.78 is 18.2. The van der Waals surface area contributed by atoms with Gasteiger partial charge in [-0.05, 0) is 40.9 Å². The van der Waals surface area contributed by atoms with Gasteiger partial charge in [0.1, 0.15) is 0 Å². The normalized spacial score (nSPS) is 43.7. The molecule has 112 valence electrons. The van der Waals surface area contributed by atoms with Crippen LogP contribution >= 0.6 is 7.92 Å². The quantitative estimate of drug-likeness (QED) is 0.733. The number of hydrogen-bond acceptors (Lipinski definition) is 3. The zero-order valence-electron chi connectivity index (χ0n) is 11.9. The monoisotopic (exact) mass is 296 g/mol. The van der Waals surface area contributed by atoms with E-state index in [9.17, 15) is 0 Å². The molecule has 0 aromatic heterocycles. The average Bonchev–Trinajstić information content (AvgIpc) is 2.25. The summed E-state index contributed by atoms with van der Waals surface area (Å²) in [6, 6.07) is 10.6. The molecule has 5 atom stereocenters. The molecule has 0 N–H and O–H groups in total. The van der Waals surface area contributed by atoms with Crippen molar-refractivity contribution in [1.29, 1.82) is 0 Å². The molecule has 1 aromatic rings. The van der Waals surface area contributed by atoms with E-state index in [2.05, 4.69) is 38.1 Å². The maximum Gasteiger partial charge on any atom is 0.172 e. The Hall–Kier alpha value is -0.470. The highest BCUT2D eigenvalue weighted by atomic mass is 31.1. The lowest BCUT2D eigenvalue weighted by Crippen LogP contribution is -2.58. The van der Waals surface area contributed by atoms with Crippen molar-refractivity contribution in [2.24, 2.45) is 0 Å². The smallest absolute Gasteiger partial charge is 0.172 e. The standard InChI is InChI=1S/C15H21O3P.CH4/c1-11-16-14(3)10-15(4,17-11)19(12(2)18-14)13-8-6-5-7-9-13;/h5-9,11-12H,10H2,1-4H3;1H4. The van der Waals surface area contributed by atoms with E-state index in [0.29, 0.717) is 0 Å². The Kier molecular flexibility index (Phi) is 4.28. The summed E-state index contributed by atoms with van der Waals surface area (Å²) in [4.78, 5) is 0. The van der Waals surface area contributed by atoms with Crippen LogP contribution in [0.1, 0.15) is 41.5 Å². The minimum Gasteiger partial charge on any atom is -0.342 e. The fourth-order valence-corrected chi connectivity index (χ4v) is 6.77. The molecule has 2 heterocycles. The van der Waals surface area contributed by atoms with Crippen LogP contribution in [0.3, 0.4) is 0 Å². The molecule has 20 heavy (non-hydrogen) atoms. The number of rotatable bonds is 1. The fourth-order valence-electron chi connectivity index (χ4n) is 3.49. The van der Waals surface area contributed by atoms with Crippen molar-refractivity contribution < 1.29 is 14.2 Å². The van der Waals surface area contributed by atoms with E-state index >= 15 is 0 Å². The van der Waals surface area contributed by atoms with Crippen LogP contribution < -0.4 is 5.30 Å². The minimum atomic E-state index is -0.532. The fraction of sp³-hybridized carbons (Fsp3) is 0.625. The summed E-state index contributed by atoms with van der Waals surface area (Å²) in [7, 11) is -0.532. The van der Waals surface area contributed by atoms with Gasteiger partial charge in [0.15, 0.2) is 12.1 Å². The second kappa shape index (κ2) is 5.38. The summed E-state index contributed by atoms with van der Waals surface area (Å²) in [6.07, 6.45) is 0.569. The van der Waals surface area contributed by atoms with Gasteiger partial charge in [-0.2, -0.15) is 0 Å². The maximum absolute atomic E-state index is 6.17. The second-order valence-electron chi connectivity index (χ2n) is 5.71. The molecule has 5 unspecified atom stereocenters. The highest BCUT2D eigenvalue weighted by Gasteiger charge is 2.56. The van der Waals surface area contributed by atoms with Crippen molar-refractivity contribution in [2.75, 3.05) is 0 Å². The third kappa shape index (κ3) is 2.65. The molecule has 3 rings (SSSR count). The minimum absolute atomic E-state index is 0. The first-order chi connectivity index (χ1) is 8.92. The van der Waals surface area contributed by atoms with Crippen LogP contribution in [-0.2, 0) is 14.2 Å². The van der Waals surface area contributed by atoms with Crippen molar-refractivity contribution in [2.45, 2.75) is 64.8 Å². The van der Waals surface area contributed by atoms with Gasteiger partial charge in [0.2, 0.25) is 0 Å². The first-order valence-corrected chi connectivity index (χ1v) is 8.21. The zero-order chi connectivity index (χ0) is 13.7. The Morgan fingerprint density at radius 1 is 1.05 bits per heavy atom. The van der Waals surface area contributed by atoms with Crippen molar-refractivity contribution >= 4 is 13.2 Å². The first-order valence-electron chi connectivity index (χ1n) is 6.80. The second-order valence-corrected chi connectivity index (χ2v) is 8.64. The van der Waals surface area contributed by atoms with E-state index in [0.717, 1.165) is 6.42 Å². The molecular weight excluding hydrogens is 271 g/mol. The van der Waals surface area contributed by atoms with Gasteiger partial charge < -0.3 is 14.2 Å². The number of benzene rings is 1. The molecule has 2 fully saturated rings. The summed E-state index contributed by atoms with van der Waals surface area (Å²) in [5.41, 5.74) is 0. The molecule has 2 aliphatic rings. The number of ether oxygens (including phenoxy) is 3. The highest BCUT2D eigenvalue weighted by molar-refractivity contribution is 7.67. The van der Waals surface area contributed by atoms with E-state index in [1.165, 1.54) is 5.30 Å². The molecule has 2 aliphatic heterocycles. The van der Waals surface area contributed by atoms with Gasteiger partial charge in [-0.3, -0.25) is 0 Å². The predicted molar refractivity (Wildman–Crippen MR) is 83.3 cm³/mol. The highest BCUT2D eigenvalue weighted by Crippen LogP contribution is 2.63. The van der Waals surface area contributed by atoms with Crippen molar-refractivity contribution in [3.8, 4) is 0 Å². The van der Waals surface area contributed by atoms with Crippen LogP contribution in [0.25, 0.3) is 0 Å². The lowest BCUT2D eigenvalue weighted by atomic mass is 10.1. The largest absolute Gasteiger partial charge is 0.342 e. The van der Waals surface area contributed by atoms with Gasteiger partial charge in [0.05, 0.1) is 11.2 Å². The third-order valence-corrected chi connectivity index (χ3v) is 6.78. The Morgan fingerprint density at radius 3 is 2.35 bits per heavy atom. The van der Waals surface area contributed by atoms with Gasteiger partial charge in [-0.1, -0.05) is 37.8 Å². The van der Waals surface area contributed by atoms with Crippen LogP contribution in [0.5, 0.6) is 0 Å². The molecule has 0 amide bonds. The van der Waals surface area contributed by atoms with Crippen LogP contribution in [0.4, 0.5) is 0 Å². The molecule has 1 aromatic carbocycles. The number of fused-ring (bicyclic) bond motifs is 2. The zero-order valence-corrected chi connectivity index (χ0v) is 12.8. The van der Waals surface area contributed by atoms with E-state index in [1.54, 1.807) is 0 Å². The lowest BCUT2D eigenvalue weighted by molar-refractivity contribution is -0.369. The van der Waals surface area contributed by atoms with Gasteiger partial charge in [0, 0.05) is 6.42 Å². The maximum atomic E-state index is 6.17.